The lowest BCUT2D eigenvalue weighted by Gasteiger charge is -2.21. The molecule has 0 aromatic heterocycles. The summed E-state index contributed by atoms with van der Waals surface area (Å²) in [5.41, 5.74) is 0. The van der Waals surface area contributed by atoms with Gasteiger partial charge in [-0.3, -0.25) is 37.3 Å². The van der Waals surface area contributed by atoms with Crippen molar-refractivity contribution in [2.45, 2.75) is 451 Å². The van der Waals surface area contributed by atoms with Gasteiger partial charge in [0.25, 0.3) is 0 Å². The molecule has 0 aliphatic rings. The van der Waals surface area contributed by atoms with Crippen molar-refractivity contribution in [2.75, 3.05) is 39.6 Å². The van der Waals surface area contributed by atoms with Crippen LogP contribution in [0.4, 0.5) is 0 Å². The van der Waals surface area contributed by atoms with Crippen LogP contribution < -0.4 is 0 Å². The molecule has 0 aliphatic carbocycles. The Bertz CT molecular complexity index is 1910. The first-order valence-corrected chi connectivity index (χ1v) is 45.1. The summed E-state index contributed by atoms with van der Waals surface area (Å²) in [6.07, 6.45) is 65.1. The van der Waals surface area contributed by atoms with Gasteiger partial charge in [-0.25, -0.2) is 9.13 Å². The summed E-state index contributed by atoms with van der Waals surface area (Å²) in [7, 11) is -9.92. The van der Waals surface area contributed by atoms with Crippen molar-refractivity contribution in [1.82, 2.24) is 0 Å². The second-order valence-corrected chi connectivity index (χ2v) is 32.5. The van der Waals surface area contributed by atoms with E-state index in [1.807, 2.05) is 0 Å². The predicted octanol–water partition coefficient (Wildman–Crippen LogP) is 24.4. The van der Waals surface area contributed by atoms with Crippen molar-refractivity contribution in [3.63, 3.8) is 0 Å². The molecule has 594 valence electrons. The van der Waals surface area contributed by atoms with Crippen LogP contribution >= 0.6 is 15.6 Å². The van der Waals surface area contributed by atoms with E-state index in [4.69, 9.17) is 37.0 Å². The quantitative estimate of drug-likeness (QED) is 0.0222. The highest BCUT2D eigenvalue weighted by Gasteiger charge is 2.30. The average molecular weight is 1470 g/mol. The van der Waals surface area contributed by atoms with Crippen molar-refractivity contribution in [1.29, 1.82) is 0 Å². The fraction of sp³-hybridized carbons (Fsp3) is 0.951. The molecule has 0 fully saturated rings. The second kappa shape index (κ2) is 73.9. The number of phosphoric ester groups is 2. The van der Waals surface area contributed by atoms with Gasteiger partial charge in [-0.2, -0.15) is 0 Å². The first kappa shape index (κ1) is 98.1. The standard InChI is InChI=1S/C81H158O17P2/c1-6-9-12-15-18-21-24-27-29-31-32-33-35-38-41-46-52-57-62-67-81(86)97-76(70-91-78(83)64-59-54-49-44-39-37-34-30-28-25-22-19-16-13-10-7-2)72-95-99(87,88)93-68-75(82)69-94-100(89,90)96-73-77(71-92-79(84)65-60-55-50-47-42-43-48-53-58-63-74(4)5)98-80(85)66-61-56-51-45-40-36-26-23-20-17-14-11-8-3/h74-77,82H,6-73H2,1-5H3,(H,87,88)(H,89,90)/t75-,76-,77-/m1/s1. The molecule has 0 radical (unpaired) electrons. The maximum Gasteiger partial charge on any atom is 0.472 e. The summed E-state index contributed by atoms with van der Waals surface area (Å²) < 4.78 is 68.7. The first-order valence-electron chi connectivity index (χ1n) is 42.1. The lowest BCUT2D eigenvalue weighted by molar-refractivity contribution is -0.161. The second-order valence-electron chi connectivity index (χ2n) is 29.6. The number of carbonyl (C=O) groups excluding carboxylic acids is 4. The molecule has 0 amide bonds. The summed E-state index contributed by atoms with van der Waals surface area (Å²) in [5, 5.41) is 10.6. The minimum Gasteiger partial charge on any atom is -0.462 e. The first-order chi connectivity index (χ1) is 48.5. The Morgan fingerprint density at radius 1 is 0.270 bits per heavy atom. The molecule has 0 spiro atoms. The molecule has 0 bridgehead atoms. The zero-order chi connectivity index (χ0) is 73.4. The third-order valence-electron chi connectivity index (χ3n) is 19.0. The van der Waals surface area contributed by atoms with Gasteiger partial charge < -0.3 is 33.8 Å². The summed E-state index contributed by atoms with van der Waals surface area (Å²) >= 11 is 0. The van der Waals surface area contributed by atoms with Crippen LogP contribution in [0.15, 0.2) is 0 Å². The molecule has 5 atom stereocenters. The number of rotatable bonds is 81. The molecule has 0 aromatic rings. The van der Waals surface area contributed by atoms with Crippen LogP contribution in [-0.2, 0) is 65.4 Å². The number of aliphatic hydroxyl groups is 1. The Morgan fingerprint density at radius 2 is 0.460 bits per heavy atom. The number of ether oxygens (including phenoxy) is 4. The van der Waals surface area contributed by atoms with E-state index in [1.54, 1.807) is 0 Å². The molecule has 0 aliphatic heterocycles. The van der Waals surface area contributed by atoms with Crippen LogP contribution in [0.3, 0.4) is 0 Å². The summed E-state index contributed by atoms with van der Waals surface area (Å²) in [5.74, 6) is -1.36. The monoisotopic (exact) mass is 1470 g/mol. The summed E-state index contributed by atoms with van der Waals surface area (Å²) in [6.45, 7) is 7.32. The van der Waals surface area contributed by atoms with Crippen LogP contribution in [0.25, 0.3) is 0 Å². The van der Waals surface area contributed by atoms with Crippen LogP contribution in [0.1, 0.15) is 433 Å². The maximum atomic E-state index is 13.1. The lowest BCUT2D eigenvalue weighted by Crippen LogP contribution is -2.30. The van der Waals surface area contributed by atoms with Crippen molar-refractivity contribution in [3.05, 3.63) is 0 Å². The van der Waals surface area contributed by atoms with E-state index >= 15 is 0 Å². The molecule has 0 aromatic carbocycles. The van der Waals surface area contributed by atoms with E-state index in [0.717, 1.165) is 95.8 Å². The van der Waals surface area contributed by atoms with Gasteiger partial charge in [-0.1, -0.05) is 381 Å². The van der Waals surface area contributed by atoms with Gasteiger partial charge in [0.2, 0.25) is 0 Å². The highest BCUT2D eigenvalue weighted by atomic mass is 31.2. The van der Waals surface area contributed by atoms with Gasteiger partial charge in [0.15, 0.2) is 12.2 Å². The smallest absolute Gasteiger partial charge is 0.462 e. The number of hydrogen-bond acceptors (Lipinski definition) is 15. The van der Waals surface area contributed by atoms with E-state index in [1.165, 1.54) is 257 Å². The lowest BCUT2D eigenvalue weighted by atomic mass is 10.0. The molecular formula is C81H158O17P2. The zero-order valence-corrected chi connectivity index (χ0v) is 67.1. The summed E-state index contributed by atoms with van der Waals surface area (Å²) in [6, 6.07) is 0. The Kier molecular flexibility index (Phi) is 72.5. The average Bonchev–Trinajstić information content (AvgIpc) is 0.921. The Balaban J connectivity index is 5.25. The van der Waals surface area contributed by atoms with Gasteiger partial charge in [-0.15, -0.1) is 0 Å². The van der Waals surface area contributed by atoms with Crippen molar-refractivity contribution in [2.24, 2.45) is 5.92 Å². The minimum absolute atomic E-state index is 0.108. The molecule has 2 unspecified atom stereocenters. The molecule has 0 heterocycles. The van der Waals surface area contributed by atoms with E-state index < -0.39 is 97.5 Å². The number of hydrogen-bond donors (Lipinski definition) is 3. The Hall–Kier alpha value is -1.94. The molecule has 0 rings (SSSR count). The molecular weight excluding hydrogens is 1310 g/mol. The largest absolute Gasteiger partial charge is 0.472 e. The van der Waals surface area contributed by atoms with Crippen LogP contribution in [-0.4, -0.2) is 96.7 Å². The Labute approximate surface area is 613 Å². The number of phosphoric acid groups is 2. The van der Waals surface area contributed by atoms with Crippen molar-refractivity contribution in [3.8, 4) is 0 Å². The molecule has 3 N–H and O–H groups in total. The SMILES string of the molecule is CCCCCCCCCCCCCCCCCCCCCC(=O)O[C@H](COC(=O)CCCCCCCCCCCCCCCCCC)COP(=O)(O)OC[C@@H](O)COP(=O)(O)OC[C@@H](COC(=O)CCCCCCCCCCCC(C)C)OC(=O)CCCCCCCCCCCCCCC. The third kappa shape index (κ3) is 74.3. The topological polar surface area (TPSA) is 237 Å². The van der Waals surface area contributed by atoms with E-state index in [0.29, 0.717) is 25.7 Å². The van der Waals surface area contributed by atoms with Crippen LogP contribution in [0, 0.1) is 5.92 Å². The fourth-order valence-corrected chi connectivity index (χ4v) is 14.2. The molecule has 19 heteroatoms. The molecule has 17 nitrogen and oxygen atoms in total. The molecule has 0 saturated carbocycles. The number of unbranched alkanes of at least 4 members (excludes halogenated alkanes) is 53. The van der Waals surface area contributed by atoms with E-state index in [-0.39, 0.29) is 25.7 Å². The number of carbonyl (C=O) groups is 4. The third-order valence-corrected chi connectivity index (χ3v) is 20.9. The van der Waals surface area contributed by atoms with Crippen LogP contribution in [0.5, 0.6) is 0 Å². The predicted molar refractivity (Wildman–Crippen MR) is 409 cm³/mol. The number of esters is 4. The van der Waals surface area contributed by atoms with Crippen molar-refractivity contribution >= 4 is 39.5 Å². The maximum absolute atomic E-state index is 13.1. The van der Waals surface area contributed by atoms with Gasteiger partial charge in [0, 0.05) is 25.7 Å². The van der Waals surface area contributed by atoms with Crippen molar-refractivity contribution < 1.29 is 80.2 Å². The highest BCUT2D eigenvalue weighted by molar-refractivity contribution is 7.47. The number of aliphatic hydroxyl groups excluding tert-OH is 1. The normalized spacial score (nSPS) is 13.8. The summed E-state index contributed by atoms with van der Waals surface area (Å²) in [4.78, 5) is 73.0. The minimum atomic E-state index is -4.96. The van der Waals surface area contributed by atoms with E-state index in [9.17, 15) is 43.2 Å². The Morgan fingerprint density at radius 3 is 0.680 bits per heavy atom. The molecule has 0 saturated heterocycles. The fourth-order valence-electron chi connectivity index (χ4n) is 12.6. The highest BCUT2D eigenvalue weighted by Crippen LogP contribution is 2.45. The van der Waals surface area contributed by atoms with E-state index in [2.05, 4.69) is 34.6 Å². The van der Waals surface area contributed by atoms with Gasteiger partial charge in [0.1, 0.15) is 19.3 Å². The van der Waals surface area contributed by atoms with Crippen LogP contribution in [0.2, 0.25) is 0 Å². The van der Waals surface area contributed by atoms with Gasteiger partial charge in [-0.05, 0) is 31.6 Å². The van der Waals surface area contributed by atoms with Gasteiger partial charge in [0.05, 0.1) is 26.4 Å². The molecule has 100 heavy (non-hydrogen) atoms. The van der Waals surface area contributed by atoms with Gasteiger partial charge >= 0.3 is 39.5 Å². The zero-order valence-electron chi connectivity index (χ0n) is 65.3.